The first-order chi connectivity index (χ1) is 9.42. The van der Waals surface area contributed by atoms with Crippen molar-refractivity contribution in [2.45, 2.75) is 26.7 Å². The van der Waals surface area contributed by atoms with E-state index in [1.165, 1.54) is 12.1 Å². The van der Waals surface area contributed by atoms with Crippen molar-refractivity contribution in [2.24, 2.45) is 0 Å². The molecule has 2 aromatic carbocycles. The third kappa shape index (κ3) is 2.64. The SMILES string of the molecule is CCc1cc(Cc2cc(C)cc(O)c2O)cc(O)c1O. The van der Waals surface area contributed by atoms with Gasteiger partial charge in [0.1, 0.15) is 0 Å². The van der Waals surface area contributed by atoms with Gasteiger partial charge in [-0.25, -0.2) is 0 Å². The second-order valence-electron chi connectivity index (χ2n) is 4.94. The van der Waals surface area contributed by atoms with Gasteiger partial charge in [-0.1, -0.05) is 19.1 Å². The highest BCUT2D eigenvalue weighted by Gasteiger charge is 2.12. The Morgan fingerprint density at radius 2 is 1.40 bits per heavy atom. The molecule has 4 heteroatoms. The first kappa shape index (κ1) is 14.1. The molecule has 0 aliphatic heterocycles. The number of phenolic OH excluding ortho intramolecular Hbond substituents is 4. The molecule has 20 heavy (non-hydrogen) atoms. The molecule has 0 radical (unpaired) electrons. The maximum absolute atomic E-state index is 9.87. The lowest BCUT2D eigenvalue weighted by Crippen LogP contribution is -1.93. The highest BCUT2D eigenvalue weighted by molar-refractivity contribution is 5.52. The zero-order chi connectivity index (χ0) is 14.9. The van der Waals surface area contributed by atoms with Gasteiger partial charge < -0.3 is 20.4 Å². The highest BCUT2D eigenvalue weighted by atomic mass is 16.3. The van der Waals surface area contributed by atoms with Crippen LogP contribution in [-0.2, 0) is 12.8 Å². The van der Waals surface area contributed by atoms with Crippen LogP contribution in [0, 0.1) is 6.92 Å². The van der Waals surface area contributed by atoms with Gasteiger partial charge in [-0.3, -0.25) is 0 Å². The lowest BCUT2D eigenvalue weighted by molar-refractivity contribution is 0.397. The highest BCUT2D eigenvalue weighted by Crippen LogP contribution is 2.35. The molecule has 0 saturated heterocycles. The van der Waals surface area contributed by atoms with Gasteiger partial charge in [0.2, 0.25) is 0 Å². The Morgan fingerprint density at radius 3 is 2.05 bits per heavy atom. The van der Waals surface area contributed by atoms with Crippen LogP contribution in [0.3, 0.4) is 0 Å². The molecule has 0 bridgehead atoms. The Labute approximate surface area is 117 Å². The van der Waals surface area contributed by atoms with Crippen molar-refractivity contribution in [1.29, 1.82) is 0 Å². The predicted octanol–water partition coefficient (Wildman–Crippen LogP) is 2.97. The summed E-state index contributed by atoms with van der Waals surface area (Å²) >= 11 is 0. The second kappa shape index (κ2) is 5.33. The summed E-state index contributed by atoms with van der Waals surface area (Å²) < 4.78 is 0. The summed E-state index contributed by atoms with van der Waals surface area (Å²) in [6.45, 7) is 3.71. The van der Waals surface area contributed by atoms with E-state index in [0.29, 0.717) is 24.0 Å². The summed E-state index contributed by atoms with van der Waals surface area (Å²) in [5, 5.41) is 38.9. The fourth-order valence-electron chi connectivity index (χ4n) is 2.30. The van der Waals surface area contributed by atoms with Crippen LogP contribution < -0.4 is 0 Å². The van der Waals surface area contributed by atoms with Crippen LogP contribution >= 0.6 is 0 Å². The van der Waals surface area contributed by atoms with Crippen molar-refractivity contribution in [3.8, 4) is 23.0 Å². The molecule has 2 aromatic rings. The van der Waals surface area contributed by atoms with Crippen molar-refractivity contribution in [3.05, 3.63) is 46.5 Å². The maximum atomic E-state index is 9.87. The van der Waals surface area contributed by atoms with E-state index in [1.54, 1.807) is 12.1 Å². The number of hydrogen-bond donors (Lipinski definition) is 4. The van der Waals surface area contributed by atoms with Crippen LogP contribution in [0.5, 0.6) is 23.0 Å². The van der Waals surface area contributed by atoms with E-state index < -0.39 is 0 Å². The third-order valence-corrected chi connectivity index (χ3v) is 3.32. The van der Waals surface area contributed by atoms with E-state index in [4.69, 9.17) is 0 Å². The molecular weight excluding hydrogens is 256 g/mol. The Bertz CT molecular complexity index is 647. The van der Waals surface area contributed by atoms with Crippen LogP contribution in [0.25, 0.3) is 0 Å². The van der Waals surface area contributed by atoms with Crippen molar-refractivity contribution in [1.82, 2.24) is 0 Å². The predicted molar refractivity (Wildman–Crippen MR) is 76.5 cm³/mol. The molecule has 0 aromatic heterocycles. The molecule has 2 rings (SSSR count). The Morgan fingerprint density at radius 1 is 0.800 bits per heavy atom. The van der Waals surface area contributed by atoms with Gasteiger partial charge in [0.05, 0.1) is 0 Å². The van der Waals surface area contributed by atoms with Gasteiger partial charge >= 0.3 is 0 Å². The molecule has 0 aliphatic rings. The van der Waals surface area contributed by atoms with Gasteiger partial charge in [-0.2, -0.15) is 0 Å². The van der Waals surface area contributed by atoms with Crippen LogP contribution in [0.4, 0.5) is 0 Å². The summed E-state index contributed by atoms with van der Waals surface area (Å²) in [5.74, 6) is -0.580. The largest absolute Gasteiger partial charge is 0.504 e. The van der Waals surface area contributed by atoms with E-state index >= 15 is 0 Å². The van der Waals surface area contributed by atoms with Crippen molar-refractivity contribution in [2.75, 3.05) is 0 Å². The number of benzene rings is 2. The molecule has 0 fully saturated rings. The van der Waals surface area contributed by atoms with Crippen molar-refractivity contribution in [3.63, 3.8) is 0 Å². The van der Waals surface area contributed by atoms with Crippen LogP contribution in [0.2, 0.25) is 0 Å². The van der Waals surface area contributed by atoms with Crippen LogP contribution in [-0.4, -0.2) is 20.4 Å². The number of aromatic hydroxyl groups is 4. The summed E-state index contributed by atoms with van der Waals surface area (Å²) in [4.78, 5) is 0. The Kier molecular flexibility index (Phi) is 3.74. The molecule has 4 nitrogen and oxygen atoms in total. The fraction of sp³-hybridized carbons (Fsp3) is 0.250. The molecule has 0 amide bonds. The summed E-state index contributed by atoms with van der Waals surface area (Å²) in [7, 11) is 0. The van der Waals surface area contributed by atoms with Gasteiger partial charge in [0, 0.05) is 12.0 Å². The minimum absolute atomic E-state index is 0.104. The van der Waals surface area contributed by atoms with Gasteiger partial charge in [0.25, 0.3) is 0 Å². The molecular formula is C16H18O4. The smallest absolute Gasteiger partial charge is 0.161 e. The van der Waals surface area contributed by atoms with E-state index in [-0.39, 0.29) is 23.0 Å². The normalized spacial score (nSPS) is 10.7. The fourth-order valence-corrected chi connectivity index (χ4v) is 2.30. The summed E-state index contributed by atoms with van der Waals surface area (Å²) in [5.41, 5.74) is 2.83. The Balaban J connectivity index is 2.43. The van der Waals surface area contributed by atoms with E-state index in [1.807, 2.05) is 13.8 Å². The maximum Gasteiger partial charge on any atom is 0.161 e. The zero-order valence-corrected chi connectivity index (χ0v) is 11.5. The Hall–Kier alpha value is -2.36. The quantitative estimate of drug-likeness (QED) is 0.649. The summed E-state index contributed by atoms with van der Waals surface area (Å²) in [6, 6.07) is 6.52. The zero-order valence-electron chi connectivity index (χ0n) is 11.5. The minimum atomic E-state index is -0.171. The topological polar surface area (TPSA) is 80.9 Å². The molecule has 0 spiro atoms. The molecule has 0 atom stereocenters. The van der Waals surface area contributed by atoms with Crippen LogP contribution in [0.15, 0.2) is 24.3 Å². The monoisotopic (exact) mass is 274 g/mol. The van der Waals surface area contributed by atoms with Crippen molar-refractivity contribution < 1.29 is 20.4 Å². The third-order valence-electron chi connectivity index (χ3n) is 3.32. The minimum Gasteiger partial charge on any atom is -0.504 e. The molecule has 0 heterocycles. The van der Waals surface area contributed by atoms with Gasteiger partial charge in [-0.05, 0) is 42.2 Å². The van der Waals surface area contributed by atoms with Gasteiger partial charge in [-0.15, -0.1) is 0 Å². The van der Waals surface area contributed by atoms with Crippen molar-refractivity contribution >= 4 is 0 Å². The van der Waals surface area contributed by atoms with E-state index in [9.17, 15) is 20.4 Å². The molecule has 0 saturated carbocycles. The molecule has 0 unspecified atom stereocenters. The number of rotatable bonds is 3. The average Bonchev–Trinajstić information content (AvgIpc) is 2.39. The lowest BCUT2D eigenvalue weighted by Gasteiger charge is -2.11. The van der Waals surface area contributed by atoms with Gasteiger partial charge in [0.15, 0.2) is 23.0 Å². The van der Waals surface area contributed by atoms with Crippen LogP contribution in [0.1, 0.15) is 29.2 Å². The second-order valence-corrected chi connectivity index (χ2v) is 4.94. The average molecular weight is 274 g/mol. The first-order valence-electron chi connectivity index (χ1n) is 6.47. The number of aryl methyl sites for hydroxylation is 2. The van der Waals surface area contributed by atoms with E-state index in [2.05, 4.69) is 0 Å². The molecule has 0 aliphatic carbocycles. The number of phenols is 4. The standard InChI is InChI=1S/C16H18O4/c1-3-11-6-10(8-14(18)15(11)19)7-12-4-9(2)5-13(17)16(12)20/h4-6,8,17-20H,3,7H2,1-2H3. The summed E-state index contributed by atoms with van der Waals surface area (Å²) in [6.07, 6.45) is 0.959. The first-order valence-corrected chi connectivity index (χ1v) is 6.47. The lowest BCUT2D eigenvalue weighted by atomic mass is 9.98. The molecule has 4 N–H and O–H groups in total. The van der Waals surface area contributed by atoms with E-state index in [0.717, 1.165) is 11.1 Å². The number of hydrogen-bond acceptors (Lipinski definition) is 4. The molecule has 106 valence electrons.